The van der Waals surface area contributed by atoms with Crippen molar-refractivity contribution >= 4 is 34.6 Å². The molecule has 0 radical (unpaired) electrons. The molecular weight excluding hydrogens is 426 g/mol. The number of nitrogens with one attached hydrogen (secondary N) is 5. The first-order valence-corrected chi connectivity index (χ1v) is 11.1. The minimum absolute atomic E-state index is 0.157. The second-order valence-corrected chi connectivity index (χ2v) is 8.62. The lowest BCUT2D eigenvalue weighted by Crippen LogP contribution is -2.55. The number of amides is 3. The number of carbonyl (C=O) groups excluding carboxylic acids is 3. The van der Waals surface area contributed by atoms with Gasteiger partial charge in [-0.3, -0.25) is 14.4 Å². The monoisotopic (exact) mass is 457 g/mol. The predicted octanol–water partition coefficient (Wildman–Crippen LogP) is 0.289. The normalized spacial score (nSPS) is 17.5. The SMILES string of the molecule is CC(C)C(NC(=O)C(Cc1c[nH]c2ccccc12)NC(=O)CNC(=O)C1CCCN1)C(=O)O. The van der Waals surface area contributed by atoms with E-state index in [-0.39, 0.29) is 30.8 Å². The molecule has 0 bridgehead atoms. The fourth-order valence-corrected chi connectivity index (χ4v) is 3.94. The molecule has 3 rings (SSSR count). The van der Waals surface area contributed by atoms with Crippen LogP contribution in [-0.2, 0) is 25.6 Å². The number of carbonyl (C=O) groups is 4. The summed E-state index contributed by atoms with van der Waals surface area (Å²) in [5.41, 5.74) is 1.70. The minimum atomic E-state index is -1.15. The lowest BCUT2D eigenvalue weighted by atomic mass is 10.0. The number of fused-ring (bicyclic) bond motifs is 1. The van der Waals surface area contributed by atoms with Gasteiger partial charge in [-0.05, 0) is 36.9 Å². The average Bonchev–Trinajstić information content (AvgIpc) is 3.45. The van der Waals surface area contributed by atoms with Crippen molar-refractivity contribution in [3.05, 3.63) is 36.0 Å². The number of H-pyrrole nitrogens is 1. The molecule has 6 N–H and O–H groups in total. The van der Waals surface area contributed by atoms with Gasteiger partial charge in [-0.15, -0.1) is 0 Å². The number of hydrogen-bond acceptors (Lipinski definition) is 5. The molecule has 1 aliphatic rings. The largest absolute Gasteiger partial charge is 0.480 e. The molecule has 3 unspecified atom stereocenters. The van der Waals surface area contributed by atoms with Gasteiger partial charge < -0.3 is 31.4 Å². The Morgan fingerprint density at radius 3 is 2.58 bits per heavy atom. The Morgan fingerprint density at radius 1 is 1.15 bits per heavy atom. The van der Waals surface area contributed by atoms with Crippen LogP contribution in [0.2, 0.25) is 0 Å². The Labute approximate surface area is 191 Å². The highest BCUT2D eigenvalue weighted by molar-refractivity contribution is 5.93. The van der Waals surface area contributed by atoms with Gasteiger partial charge in [0.2, 0.25) is 17.7 Å². The summed E-state index contributed by atoms with van der Waals surface area (Å²) in [5, 5.41) is 21.2. The fourth-order valence-electron chi connectivity index (χ4n) is 3.94. The molecule has 3 amide bonds. The summed E-state index contributed by atoms with van der Waals surface area (Å²) in [6, 6.07) is 5.15. The summed E-state index contributed by atoms with van der Waals surface area (Å²) in [6.07, 6.45) is 3.54. The summed E-state index contributed by atoms with van der Waals surface area (Å²) in [5.74, 6) is -2.87. The van der Waals surface area contributed by atoms with Gasteiger partial charge >= 0.3 is 5.97 Å². The van der Waals surface area contributed by atoms with Gasteiger partial charge in [0.25, 0.3) is 0 Å². The van der Waals surface area contributed by atoms with Crippen molar-refractivity contribution < 1.29 is 24.3 Å². The van der Waals surface area contributed by atoms with Crippen LogP contribution in [0.15, 0.2) is 30.5 Å². The molecule has 2 heterocycles. The van der Waals surface area contributed by atoms with Crippen molar-refractivity contribution in [3.8, 4) is 0 Å². The van der Waals surface area contributed by atoms with E-state index < -0.39 is 29.9 Å². The van der Waals surface area contributed by atoms with Gasteiger partial charge in [0.1, 0.15) is 12.1 Å². The van der Waals surface area contributed by atoms with Gasteiger partial charge in [-0.1, -0.05) is 32.0 Å². The molecule has 10 nitrogen and oxygen atoms in total. The first kappa shape index (κ1) is 24.2. The van der Waals surface area contributed by atoms with Crippen LogP contribution < -0.4 is 21.3 Å². The van der Waals surface area contributed by atoms with Crippen molar-refractivity contribution in [2.24, 2.45) is 5.92 Å². The smallest absolute Gasteiger partial charge is 0.326 e. The number of hydrogen-bond donors (Lipinski definition) is 6. The first-order valence-electron chi connectivity index (χ1n) is 11.1. The molecule has 1 saturated heterocycles. The summed E-state index contributed by atoms with van der Waals surface area (Å²) in [7, 11) is 0. The zero-order valence-electron chi connectivity index (χ0n) is 18.8. The fraction of sp³-hybridized carbons (Fsp3) is 0.478. The van der Waals surface area contributed by atoms with Crippen molar-refractivity contribution in [1.29, 1.82) is 0 Å². The molecule has 3 atom stereocenters. The molecule has 0 spiro atoms. The Kier molecular flexibility index (Phi) is 8.05. The van der Waals surface area contributed by atoms with Gasteiger partial charge in [0.15, 0.2) is 0 Å². The highest BCUT2D eigenvalue weighted by Gasteiger charge is 2.29. The van der Waals surface area contributed by atoms with Crippen LogP contribution in [0.5, 0.6) is 0 Å². The maximum absolute atomic E-state index is 13.0. The molecule has 1 aliphatic heterocycles. The number of benzene rings is 1. The third kappa shape index (κ3) is 6.32. The van der Waals surface area contributed by atoms with Crippen molar-refractivity contribution in [3.63, 3.8) is 0 Å². The van der Waals surface area contributed by atoms with Crippen molar-refractivity contribution in [2.45, 2.75) is 51.2 Å². The number of para-hydroxylation sites is 1. The Morgan fingerprint density at radius 2 is 1.91 bits per heavy atom. The van der Waals surface area contributed by atoms with Crippen LogP contribution >= 0.6 is 0 Å². The number of aromatic nitrogens is 1. The maximum atomic E-state index is 13.0. The van der Waals surface area contributed by atoms with Crippen molar-refractivity contribution in [2.75, 3.05) is 13.1 Å². The third-order valence-electron chi connectivity index (χ3n) is 5.78. The third-order valence-corrected chi connectivity index (χ3v) is 5.78. The zero-order chi connectivity index (χ0) is 24.0. The minimum Gasteiger partial charge on any atom is -0.480 e. The molecule has 1 aromatic heterocycles. The number of aliphatic carboxylic acids is 1. The van der Waals surface area contributed by atoms with E-state index in [1.807, 2.05) is 24.3 Å². The Hall–Kier alpha value is -3.40. The highest BCUT2D eigenvalue weighted by atomic mass is 16.4. The molecule has 0 aliphatic carbocycles. The lowest BCUT2D eigenvalue weighted by Gasteiger charge is -2.23. The Balaban J connectivity index is 1.71. The number of carboxylic acids is 1. The van der Waals surface area contributed by atoms with E-state index in [9.17, 15) is 24.3 Å². The number of rotatable bonds is 10. The standard InChI is InChI=1S/C23H31N5O5/c1-13(2)20(23(32)33)28-22(31)18(10-14-11-25-16-7-4-3-6-15(14)16)27-19(29)12-26-21(30)17-8-5-9-24-17/h3-4,6-7,11,13,17-18,20,24-25H,5,8-10,12H2,1-2H3,(H,26,30)(H,27,29)(H,28,31)(H,32,33). The molecule has 33 heavy (non-hydrogen) atoms. The van der Waals surface area contributed by atoms with E-state index in [0.717, 1.165) is 29.4 Å². The van der Waals surface area contributed by atoms with Gasteiger partial charge in [0.05, 0.1) is 12.6 Å². The van der Waals surface area contributed by atoms with Crippen LogP contribution in [0, 0.1) is 5.92 Å². The average molecular weight is 458 g/mol. The summed E-state index contributed by atoms with van der Waals surface area (Å²) >= 11 is 0. The maximum Gasteiger partial charge on any atom is 0.326 e. The van der Waals surface area contributed by atoms with E-state index in [1.165, 1.54) is 0 Å². The van der Waals surface area contributed by atoms with Crippen LogP contribution in [-0.4, -0.2) is 65.0 Å². The first-order chi connectivity index (χ1) is 15.8. The molecule has 10 heteroatoms. The molecule has 178 valence electrons. The van der Waals surface area contributed by atoms with Gasteiger partial charge in [0, 0.05) is 23.5 Å². The van der Waals surface area contributed by atoms with Crippen LogP contribution in [0.25, 0.3) is 10.9 Å². The van der Waals surface area contributed by atoms with E-state index in [1.54, 1.807) is 20.0 Å². The van der Waals surface area contributed by atoms with E-state index in [4.69, 9.17) is 0 Å². The molecule has 1 aromatic carbocycles. The topological polar surface area (TPSA) is 152 Å². The van der Waals surface area contributed by atoms with E-state index >= 15 is 0 Å². The van der Waals surface area contributed by atoms with Gasteiger partial charge in [-0.2, -0.15) is 0 Å². The van der Waals surface area contributed by atoms with Crippen LogP contribution in [0.3, 0.4) is 0 Å². The lowest BCUT2D eigenvalue weighted by molar-refractivity contribution is -0.143. The second-order valence-electron chi connectivity index (χ2n) is 8.62. The van der Waals surface area contributed by atoms with Crippen LogP contribution in [0.1, 0.15) is 32.3 Å². The van der Waals surface area contributed by atoms with E-state index in [0.29, 0.717) is 6.42 Å². The molecule has 0 saturated carbocycles. The molecular formula is C23H31N5O5. The number of carboxylic acid groups (broad SMARTS) is 1. The summed E-state index contributed by atoms with van der Waals surface area (Å²) in [4.78, 5) is 52.4. The molecule has 2 aromatic rings. The predicted molar refractivity (Wildman–Crippen MR) is 122 cm³/mol. The second kappa shape index (κ2) is 11.0. The summed E-state index contributed by atoms with van der Waals surface area (Å²) < 4.78 is 0. The summed E-state index contributed by atoms with van der Waals surface area (Å²) in [6.45, 7) is 3.87. The molecule has 1 fully saturated rings. The van der Waals surface area contributed by atoms with Crippen LogP contribution in [0.4, 0.5) is 0 Å². The Bertz CT molecular complexity index is 1010. The van der Waals surface area contributed by atoms with Gasteiger partial charge in [-0.25, -0.2) is 4.79 Å². The quantitative estimate of drug-likeness (QED) is 0.302. The zero-order valence-corrected chi connectivity index (χ0v) is 18.8. The number of aromatic amines is 1. The highest BCUT2D eigenvalue weighted by Crippen LogP contribution is 2.19. The van der Waals surface area contributed by atoms with Crippen molar-refractivity contribution in [1.82, 2.24) is 26.3 Å². The van der Waals surface area contributed by atoms with E-state index in [2.05, 4.69) is 26.3 Å².